The molecule has 0 saturated heterocycles. The highest BCUT2D eigenvalue weighted by atomic mass is 32.2. The molecule has 0 fully saturated rings. The normalized spacial score (nSPS) is 12.5. The average molecular weight is 336 g/mol. The number of unbranched alkanes of at least 4 members (excludes halogenated alkanes) is 3. The second-order valence-corrected chi connectivity index (χ2v) is 7.58. The molecule has 0 aromatic heterocycles. The van der Waals surface area contributed by atoms with Crippen molar-refractivity contribution in [2.24, 2.45) is 0 Å². The number of sulfonamides is 1. The van der Waals surface area contributed by atoms with Gasteiger partial charge in [0.25, 0.3) is 0 Å². The highest BCUT2D eigenvalue weighted by Crippen LogP contribution is 2.13. The van der Waals surface area contributed by atoms with Gasteiger partial charge in [0.2, 0.25) is 10.0 Å². The summed E-state index contributed by atoms with van der Waals surface area (Å²) in [4.78, 5) is 0.314. The van der Waals surface area contributed by atoms with Crippen molar-refractivity contribution in [3.8, 4) is 0 Å². The summed E-state index contributed by atoms with van der Waals surface area (Å²) in [5, 5.41) is 0. The molecule has 1 aromatic carbocycles. The predicted molar refractivity (Wildman–Crippen MR) is 97.0 cm³/mol. The molecule has 0 aliphatic heterocycles. The summed E-state index contributed by atoms with van der Waals surface area (Å²) in [7, 11) is -3.49. The molecule has 23 heavy (non-hydrogen) atoms. The van der Waals surface area contributed by atoms with Gasteiger partial charge in [-0.3, -0.25) is 0 Å². The number of nitrogens with one attached hydrogen (secondary N) is 1. The van der Waals surface area contributed by atoms with E-state index in [2.05, 4.69) is 24.3 Å². The molecule has 0 radical (unpaired) electrons. The van der Waals surface area contributed by atoms with E-state index in [-0.39, 0.29) is 6.04 Å². The zero-order valence-electron chi connectivity index (χ0n) is 14.5. The first-order chi connectivity index (χ1) is 11.0. The molecular formula is C19H29NO2S. The first-order valence-corrected chi connectivity index (χ1v) is 9.98. The molecule has 1 unspecified atom stereocenters. The second kappa shape index (κ2) is 10.4. The van der Waals surface area contributed by atoms with Crippen LogP contribution in [0, 0.1) is 6.92 Å². The molecule has 1 aromatic rings. The quantitative estimate of drug-likeness (QED) is 0.496. The lowest BCUT2D eigenvalue weighted by atomic mass is 10.1. The van der Waals surface area contributed by atoms with Crippen molar-refractivity contribution in [1.82, 2.24) is 4.72 Å². The maximum atomic E-state index is 12.5. The first-order valence-electron chi connectivity index (χ1n) is 8.49. The summed E-state index contributed by atoms with van der Waals surface area (Å²) in [6.07, 6.45) is 9.86. The molecule has 0 spiro atoms. The van der Waals surface area contributed by atoms with E-state index in [4.69, 9.17) is 0 Å². The molecule has 1 rings (SSSR count). The van der Waals surface area contributed by atoms with E-state index in [1.165, 1.54) is 0 Å². The molecule has 1 N–H and O–H groups in total. The van der Waals surface area contributed by atoms with Gasteiger partial charge in [-0.25, -0.2) is 13.1 Å². The van der Waals surface area contributed by atoms with E-state index in [1.807, 2.05) is 31.2 Å². The predicted octanol–water partition coefficient (Wildman–Crippen LogP) is 4.73. The number of hydrogen-bond donors (Lipinski definition) is 1. The number of benzene rings is 1. The van der Waals surface area contributed by atoms with Gasteiger partial charge in [0.1, 0.15) is 0 Å². The van der Waals surface area contributed by atoms with Crippen LogP contribution in [0.3, 0.4) is 0 Å². The molecule has 0 bridgehead atoms. The summed E-state index contributed by atoms with van der Waals surface area (Å²) in [6.45, 7) is 6.19. The van der Waals surface area contributed by atoms with Gasteiger partial charge in [-0.05, 0) is 44.1 Å². The third-order valence-corrected chi connectivity index (χ3v) is 5.11. The van der Waals surface area contributed by atoms with Crippen LogP contribution in [0.2, 0.25) is 0 Å². The molecule has 0 aliphatic carbocycles. The van der Waals surface area contributed by atoms with Crippen LogP contribution in [0.4, 0.5) is 0 Å². The zero-order chi connectivity index (χ0) is 17.1. The van der Waals surface area contributed by atoms with Gasteiger partial charge < -0.3 is 0 Å². The standard InChI is InChI=1S/C19H29NO2S/c1-4-6-8-10-12-18(11-9-7-5-2)20-23(21,22)19-15-13-17(3)14-16-19/h8,12-16,18,20H,4-7,9,11H2,1-3H3. The fourth-order valence-electron chi connectivity index (χ4n) is 2.19. The lowest BCUT2D eigenvalue weighted by molar-refractivity contribution is 0.548. The lowest BCUT2D eigenvalue weighted by Gasteiger charge is -2.14. The first kappa shape index (κ1) is 19.7. The van der Waals surface area contributed by atoms with Gasteiger partial charge in [0.05, 0.1) is 4.90 Å². The van der Waals surface area contributed by atoms with Crippen LogP contribution in [-0.2, 0) is 10.0 Å². The lowest BCUT2D eigenvalue weighted by Crippen LogP contribution is -2.33. The zero-order valence-corrected chi connectivity index (χ0v) is 15.3. The number of hydrogen-bond acceptors (Lipinski definition) is 2. The topological polar surface area (TPSA) is 46.2 Å². The Balaban J connectivity index is 2.84. The summed E-state index contributed by atoms with van der Waals surface area (Å²) >= 11 is 0. The Morgan fingerprint density at radius 1 is 1.13 bits per heavy atom. The summed E-state index contributed by atoms with van der Waals surface area (Å²) in [5.74, 6) is 0. The van der Waals surface area contributed by atoms with Gasteiger partial charge in [-0.1, -0.05) is 57.2 Å². The van der Waals surface area contributed by atoms with Gasteiger partial charge in [0.15, 0.2) is 0 Å². The third kappa shape index (κ3) is 7.65. The van der Waals surface area contributed by atoms with Crippen molar-refractivity contribution >= 4 is 10.0 Å². The summed E-state index contributed by atoms with van der Waals surface area (Å²) in [6, 6.07) is 6.73. The smallest absolute Gasteiger partial charge is 0.207 e. The highest BCUT2D eigenvalue weighted by molar-refractivity contribution is 7.89. The number of aryl methyl sites for hydroxylation is 1. The van der Waals surface area contributed by atoms with Gasteiger partial charge in [-0.2, -0.15) is 0 Å². The Kier molecular flexibility index (Phi) is 8.93. The summed E-state index contributed by atoms with van der Waals surface area (Å²) < 4.78 is 27.8. The molecule has 0 saturated carbocycles. The van der Waals surface area contributed by atoms with Crippen LogP contribution >= 0.6 is 0 Å². The molecule has 128 valence electrons. The summed E-state index contributed by atoms with van der Waals surface area (Å²) in [5.41, 5.74) is 4.17. The minimum absolute atomic E-state index is 0.207. The SMILES string of the molecule is CCCC=C=CC(CCCCC)NS(=O)(=O)c1ccc(C)cc1. The van der Waals surface area contributed by atoms with E-state index in [1.54, 1.807) is 12.1 Å². The second-order valence-electron chi connectivity index (χ2n) is 5.86. The van der Waals surface area contributed by atoms with Crippen LogP contribution < -0.4 is 4.72 Å². The Morgan fingerprint density at radius 3 is 2.43 bits per heavy atom. The Bertz CT molecular complexity index is 611. The Morgan fingerprint density at radius 2 is 1.83 bits per heavy atom. The molecular weight excluding hydrogens is 306 g/mol. The van der Waals surface area contributed by atoms with Crippen molar-refractivity contribution in [2.45, 2.75) is 70.2 Å². The van der Waals surface area contributed by atoms with Crippen molar-refractivity contribution in [2.75, 3.05) is 0 Å². The molecule has 0 heterocycles. The van der Waals surface area contributed by atoms with E-state index in [9.17, 15) is 8.42 Å². The number of rotatable bonds is 10. The molecule has 1 atom stereocenters. The van der Waals surface area contributed by atoms with Crippen molar-refractivity contribution in [3.05, 3.63) is 47.7 Å². The van der Waals surface area contributed by atoms with Crippen molar-refractivity contribution < 1.29 is 8.42 Å². The van der Waals surface area contributed by atoms with Crippen molar-refractivity contribution in [1.29, 1.82) is 0 Å². The van der Waals surface area contributed by atoms with Crippen molar-refractivity contribution in [3.63, 3.8) is 0 Å². The Labute approximate surface area is 141 Å². The maximum Gasteiger partial charge on any atom is 0.241 e. The monoisotopic (exact) mass is 335 g/mol. The van der Waals surface area contributed by atoms with E-state index < -0.39 is 10.0 Å². The largest absolute Gasteiger partial charge is 0.241 e. The minimum Gasteiger partial charge on any atom is -0.207 e. The van der Waals surface area contributed by atoms with Crippen LogP contribution in [-0.4, -0.2) is 14.5 Å². The molecule has 0 aliphatic rings. The maximum absolute atomic E-state index is 12.5. The minimum atomic E-state index is -3.49. The van der Waals surface area contributed by atoms with Crippen LogP contribution in [0.5, 0.6) is 0 Å². The Hall–Kier alpha value is -1.35. The van der Waals surface area contributed by atoms with Gasteiger partial charge in [0, 0.05) is 6.04 Å². The van der Waals surface area contributed by atoms with Crippen LogP contribution in [0.15, 0.2) is 47.0 Å². The highest BCUT2D eigenvalue weighted by Gasteiger charge is 2.18. The molecule has 4 heteroatoms. The third-order valence-electron chi connectivity index (χ3n) is 3.60. The van der Waals surface area contributed by atoms with E-state index >= 15 is 0 Å². The fraction of sp³-hybridized carbons (Fsp3) is 0.526. The van der Waals surface area contributed by atoms with Crippen LogP contribution in [0.1, 0.15) is 57.9 Å². The fourth-order valence-corrected chi connectivity index (χ4v) is 3.40. The molecule has 3 nitrogen and oxygen atoms in total. The van der Waals surface area contributed by atoms with Gasteiger partial charge >= 0.3 is 0 Å². The average Bonchev–Trinajstić information content (AvgIpc) is 2.51. The van der Waals surface area contributed by atoms with Gasteiger partial charge in [-0.15, -0.1) is 5.73 Å². The van der Waals surface area contributed by atoms with E-state index in [0.29, 0.717) is 4.90 Å². The van der Waals surface area contributed by atoms with Crippen LogP contribution in [0.25, 0.3) is 0 Å². The van der Waals surface area contributed by atoms with E-state index in [0.717, 1.165) is 44.1 Å². The molecule has 0 amide bonds.